The van der Waals surface area contributed by atoms with Crippen molar-refractivity contribution in [3.05, 3.63) is 29.6 Å². The van der Waals surface area contributed by atoms with Crippen molar-refractivity contribution in [1.82, 2.24) is 9.88 Å². The summed E-state index contributed by atoms with van der Waals surface area (Å²) in [5, 5.41) is 0. The largest absolute Gasteiger partial charge is 0.406 e. The van der Waals surface area contributed by atoms with Gasteiger partial charge in [0.25, 0.3) is 5.91 Å². The molecule has 0 aliphatic carbocycles. The maximum atomic E-state index is 12.4. The average molecular weight is 261 g/mol. The lowest BCUT2D eigenvalue weighted by molar-refractivity contribution is -0.140. The summed E-state index contributed by atoms with van der Waals surface area (Å²) in [7, 11) is 0. The van der Waals surface area contributed by atoms with Crippen molar-refractivity contribution >= 4 is 5.91 Å². The van der Waals surface area contributed by atoms with Crippen molar-refractivity contribution in [2.75, 3.05) is 19.6 Å². The third-order valence-electron chi connectivity index (χ3n) is 2.27. The van der Waals surface area contributed by atoms with Crippen molar-refractivity contribution < 1.29 is 18.0 Å². The minimum absolute atomic E-state index is 0.0233. The van der Waals surface area contributed by atoms with Crippen LogP contribution < -0.4 is 5.73 Å². The number of pyridine rings is 1. The Hall–Kier alpha value is -1.63. The molecule has 1 amide bonds. The Labute approximate surface area is 103 Å². The van der Waals surface area contributed by atoms with Gasteiger partial charge in [-0.15, -0.1) is 0 Å². The van der Waals surface area contributed by atoms with Gasteiger partial charge in [0.1, 0.15) is 12.2 Å². The van der Waals surface area contributed by atoms with Crippen molar-refractivity contribution in [1.29, 1.82) is 0 Å². The van der Waals surface area contributed by atoms with E-state index in [1.807, 2.05) is 0 Å². The monoisotopic (exact) mass is 261 g/mol. The van der Waals surface area contributed by atoms with Crippen LogP contribution in [0.3, 0.4) is 0 Å². The van der Waals surface area contributed by atoms with E-state index < -0.39 is 18.6 Å². The molecule has 1 heterocycles. The van der Waals surface area contributed by atoms with Crippen LogP contribution >= 0.6 is 0 Å². The first-order chi connectivity index (χ1) is 8.35. The van der Waals surface area contributed by atoms with Gasteiger partial charge in [0.05, 0.1) is 0 Å². The second kappa shape index (κ2) is 5.81. The lowest BCUT2D eigenvalue weighted by Crippen LogP contribution is -2.42. The van der Waals surface area contributed by atoms with Crippen LogP contribution in [0.4, 0.5) is 13.2 Å². The first-order valence-corrected chi connectivity index (χ1v) is 5.33. The van der Waals surface area contributed by atoms with E-state index >= 15 is 0 Å². The Balaban J connectivity index is 2.93. The predicted octanol–water partition coefficient (Wildman–Crippen LogP) is 1.35. The molecule has 0 fully saturated rings. The number of alkyl halides is 3. The quantitative estimate of drug-likeness (QED) is 0.890. The molecule has 100 valence electrons. The zero-order valence-electron chi connectivity index (χ0n) is 9.87. The van der Waals surface area contributed by atoms with E-state index in [4.69, 9.17) is 5.73 Å². The summed E-state index contributed by atoms with van der Waals surface area (Å²) in [4.78, 5) is 16.4. The maximum Gasteiger partial charge on any atom is 0.406 e. The molecule has 0 radical (unpaired) electrons. The molecule has 1 aromatic rings. The molecular weight excluding hydrogens is 247 g/mol. The number of aryl methyl sites for hydroxylation is 1. The summed E-state index contributed by atoms with van der Waals surface area (Å²) in [6.07, 6.45) is -3.08. The highest BCUT2D eigenvalue weighted by Crippen LogP contribution is 2.18. The Morgan fingerprint density at radius 1 is 1.50 bits per heavy atom. The zero-order valence-corrected chi connectivity index (χ0v) is 9.87. The third-order valence-corrected chi connectivity index (χ3v) is 2.27. The molecule has 7 heteroatoms. The smallest absolute Gasteiger partial charge is 0.329 e. The first kappa shape index (κ1) is 14.4. The highest BCUT2D eigenvalue weighted by atomic mass is 19.4. The molecule has 0 spiro atoms. The summed E-state index contributed by atoms with van der Waals surface area (Å²) in [5.41, 5.74) is 5.78. The lowest BCUT2D eigenvalue weighted by Gasteiger charge is -2.23. The summed E-state index contributed by atoms with van der Waals surface area (Å²) in [6.45, 7) is 0.107. The van der Waals surface area contributed by atoms with Crippen LogP contribution in [0.1, 0.15) is 16.1 Å². The van der Waals surface area contributed by atoms with E-state index in [0.29, 0.717) is 10.5 Å². The number of amides is 1. The molecule has 0 aliphatic rings. The number of hydrogen-bond acceptors (Lipinski definition) is 3. The first-order valence-electron chi connectivity index (χ1n) is 5.33. The zero-order chi connectivity index (χ0) is 13.8. The lowest BCUT2D eigenvalue weighted by atomic mass is 10.2. The average Bonchev–Trinajstić information content (AvgIpc) is 2.26. The van der Waals surface area contributed by atoms with Gasteiger partial charge in [0, 0.05) is 19.3 Å². The maximum absolute atomic E-state index is 12.4. The number of halogens is 3. The Bertz CT molecular complexity index is 420. The van der Waals surface area contributed by atoms with Crippen LogP contribution in [0, 0.1) is 6.92 Å². The molecule has 2 N–H and O–H groups in total. The molecular formula is C11H14F3N3O. The third kappa shape index (κ3) is 3.99. The molecule has 0 aliphatic heterocycles. The molecule has 0 unspecified atom stereocenters. The normalized spacial score (nSPS) is 11.4. The van der Waals surface area contributed by atoms with E-state index in [2.05, 4.69) is 4.98 Å². The molecule has 0 saturated heterocycles. The van der Waals surface area contributed by atoms with Gasteiger partial charge < -0.3 is 10.6 Å². The minimum atomic E-state index is -4.45. The number of hydrogen-bond donors (Lipinski definition) is 1. The molecule has 0 atom stereocenters. The van der Waals surface area contributed by atoms with Gasteiger partial charge in [-0.05, 0) is 18.6 Å². The number of nitrogens with zero attached hydrogens (tertiary/aromatic N) is 2. The van der Waals surface area contributed by atoms with E-state index in [9.17, 15) is 18.0 Å². The molecule has 1 rings (SSSR count). The van der Waals surface area contributed by atoms with Gasteiger partial charge in [0.15, 0.2) is 0 Å². The Morgan fingerprint density at radius 2 is 2.17 bits per heavy atom. The van der Waals surface area contributed by atoms with Crippen LogP contribution in [-0.4, -0.2) is 41.6 Å². The van der Waals surface area contributed by atoms with Crippen LogP contribution in [0.25, 0.3) is 0 Å². The topological polar surface area (TPSA) is 59.2 Å². The molecule has 1 aromatic heterocycles. The fraction of sp³-hybridized carbons (Fsp3) is 0.455. The molecule has 4 nitrogen and oxygen atoms in total. The van der Waals surface area contributed by atoms with E-state index in [1.165, 1.54) is 6.20 Å². The molecule has 0 bridgehead atoms. The molecule has 0 saturated carbocycles. The van der Waals surface area contributed by atoms with Gasteiger partial charge in [0.2, 0.25) is 0 Å². The van der Waals surface area contributed by atoms with Crippen molar-refractivity contribution in [3.63, 3.8) is 0 Å². The Kier molecular flexibility index (Phi) is 4.66. The number of carbonyl (C=O) groups is 1. The summed E-state index contributed by atoms with van der Waals surface area (Å²) >= 11 is 0. The SMILES string of the molecule is Cc1cccnc1C(=O)N(CCN)CC(F)(F)F. The summed E-state index contributed by atoms with van der Waals surface area (Å²) in [5.74, 6) is -0.754. The summed E-state index contributed by atoms with van der Waals surface area (Å²) < 4.78 is 37.1. The number of rotatable bonds is 4. The van der Waals surface area contributed by atoms with Gasteiger partial charge >= 0.3 is 6.18 Å². The number of aromatic nitrogens is 1. The van der Waals surface area contributed by atoms with E-state index in [1.54, 1.807) is 19.1 Å². The number of carbonyl (C=O) groups excluding carboxylic acids is 1. The van der Waals surface area contributed by atoms with Crippen LogP contribution in [0.15, 0.2) is 18.3 Å². The van der Waals surface area contributed by atoms with Crippen LogP contribution in [0.5, 0.6) is 0 Å². The number of nitrogens with two attached hydrogens (primary N) is 1. The Morgan fingerprint density at radius 3 is 2.67 bits per heavy atom. The summed E-state index contributed by atoms with van der Waals surface area (Å²) in [6, 6.07) is 3.23. The second-order valence-electron chi connectivity index (χ2n) is 3.80. The highest BCUT2D eigenvalue weighted by Gasteiger charge is 2.33. The predicted molar refractivity (Wildman–Crippen MR) is 60.0 cm³/mol. The van der Waals surface area contributed by atoms with Crippen LogP contribution in [0.2, 0.25) is 0 Å². The molecule has 18 heavy (non-hydrogen) atoms. The van der Waals surface area contributed by atoms with E-state index in [-0.39, 0.29) is 18.8 Å². The highest BCUT2D eigenvalue weighted by molar-refractivity contribution is 5.93. The second-order valence-corrected chi connectivity index (χ2v) is 3.80. The molecule has 0 aromatic carbocycles. The van der Waals surface area contributed by atoms with Crippen molar-refractivity contribution in [2.45, 2.75) is 13.1 Å². The fourth-order valence-corrected chi connectivity index (χ4v) is 1.48. The van der Waals surface area contributed by atoms with E-state index in [0.717, 1.165) is 0 Å². The van der Waals surface area contributed by atoms with Gasteiger partial charge in [-0.3, -0.25) is 9.78 Å². The van der Waals surface area contributed by atoms with Gasteiger partial charge in [-0.25, -0.2) is 0 Å². The fourth-order valence-electron chi connectivity index (χ4n) is 1.48. The van der Waals surface area contributed by atoms with Gasteiger partial charge in [-0.2, -0.15) is 13.2 Å². The standard InChI is InChI=1S/C11H14F3N3O/c1-8-3-2-5-16-9(8)10(18)17(6-4-15)7-11(12,13)14/h2-3,5H,4,6-7,15H2,1H3. The van der Waals surface area contributed by atoms with Crippen molar-refractivity contribution in [2.24, 2.45) is 5.73 Å². The van der Waals surface area contributed by atoms with Gasteiger partial charge in [-0.1, -0.05) is 6.07 Å². The van der Waals surface area contributed by atoms with Crippen LogP contribution in [-0.2, 0) is 0 Å². The minimum Gasteiger partial charge on any atom is -0.329 e. The van der Waals surface area contributed by atoms with Crippen molar-refractivity contribution in [3.8, 4) is 0 Å².